The van der Waals surface area contributed by atoms with Crippen LogP contribution >= 0.6 is 0 Å². The third kappa shape index (κ3) is 4.76. The molecule has 7 nitrogen and oxygen atoms in total. The zero-order valence-corrected chi connectivity index (χ0v) is 15.8. The van der Waals surface area contributed by atoms with Crippen LogP contribution in [0.1, 0.15) is 18.1 Å². The van der Waals surface area contributed by atoms with Gasteiger partial charge < -0.3 is 14.2 Å². The van der Waals surface area contributed by atoms with Crippen molar-refractivity contribution in [2.75, 3.05) is 7.11 Å². The molecule has 1 aromatic heterocycles. The van der Waals surface area contributed by atoms with Crippen LogP contribution in [0.4, 0.5) is 0 Å². The van der Waals surface area contributed by atoms with Gasteiger partial charge in [0.15, 0.2) is 5.78 Å². The molecule has 29 heavy (non-hydrogen) atoms. The molecule has 0 saturated heterocycles. The third-order valence-electron chi connectivity index (χ3n) is 3.85. The van der Waals surface area contributed by atoms with E-state index in [4.69, 9.17) is 14.2 Å². The van der Waals surface area contributed by atoms with Gasteiger partial charge in [-0.3, -0.25) is 4.79 Å². The minimum Gasteiger partial charge on any atom is -0.504 e. The van der Waals surface area contributed by atoms with Crippen molar-refractivity contribution in [3.05, 3.63) is 78.3 Å². The van der Waals surface area contributed by atoms with Crippen molar-refractivity contribution in [1.29, 1.82) is 5.26 Å². The zero-order valence-electron chi connectivity index (χ0n) is 15.8. The molecule has 0 radical (unpaired) electrons. The van der Waals surface area contributed by atoms with Gasteiger partial charge in [-0.25, -0.2) is 9.97 Å². The Morgan fingerprint density at radius 1 is 1.00 bits per heavy atom. The van der Waals surface area contributed by atoms with E-state index < -0.39 is 0 Å². The number of benzene rings is 2. The van der Waals surface area contributed by atoms with Gasteiger partial charge in [0, 0.05) is 5.56 Å². The van der Waals surface area contributed by atoms with E-state index in [1.165, 1.54) is 32.7 Å². The Balaban J connectivity index is 1.89. The molecule has 0 saturated carbocycles. The Labute approximate surface area is 167 Å². The summed E-state index contributed by atoms with van der Waals surface area (Å²) in [6.07, 6.45) is 2.66. The smallest absolute Gasteiger partial charge is 0.226 e. The third-order valence-corrected chi connectivity index (χ3v) is 3.85. The van der Waals surface area contributed by atoms with Crippen LogP contribution in [0.5, 0.6) is 23.3 Å². The number of para-hydroxylation sites is 2. The second-order valence-corrected chi connectivity index (χ2v) is 5.83. The van der Waals surface area contributed by atoms with E-state index in [1.54, 1.807) is 48.5 Å². The first-order chi connectivity index (χ1) is 14.1. The summed E-state index contributed by atoms with van der Waals surface area (Å²) in [6, 6.07) is 17.4. The van der Waals surface area contributed by atoms with Crippen LogP contribution in [0.25, 0.3) is 5.57 Å². The molecule has 0 bridgehead atoms. The molecule has 0 aliphatic rings. The Bertz CT molecular complexity index is 1100. The SMILES string of the molecule is CO/C=C(/C(C)=O)c1ccccc1Oc1cc(Oc2ccccc2C#N)ncn1. The summed E-state index contributed by atoms with van der Waals surface area (Å²) in [6.45, 7) is 1.45. The number of ether oxygens (including phenoxy) is 3. The molecule has 0 spiro atoms. The number of hydrogen-bond donors (Lipinski definition) is 0. The maximum Gasteiger partial charge on any atom is 0.226 e. The number of hydrogen-bond acceptors (Lipinski definition) is 7. The highest BCUT2D eigenvalue weighted by atomic mass is 16.5. The number of nitrogens with zero attached hydrogens (tertiary/aromatic N) is 3. The van der Waals surface area contributed by atoms with E-state index in [1.807, 2.05) is 0 Å². The highest BCUT2D eigenvalue weighted by molar-refractivity contribution is 6.20. The molecule has 2 aromatic carbocycles. The predicted molar refractivity (Wildman–Crippen MR) is 105 cm³/mol. The maximum atomic E-state index is 12.0. The Hall–Kier alpha value is -4.18. The predicted octanol–water partition coefficient (Wildman–Crippen LogP) is 4.51. The molecule has 0 aliphatic heterocycles. The molecule has 0 atom stereocenters. The number of allylic oxidation sites excluding steroid dienone is 1. The van der Waals surface area contributed by atoms with Crippen LogP contribution in [0, 0.1) is 11.3 Å². The van der Waals surface area contributed by atoms with Crippen molar-refractivity contribution in [1.82, 2.24) is 9.97 Å². The average Bonchev–Trinajstić information content (AvgIpc) is 2.73. The van der Waals surface area contributed by atoms with Crippen LogP contribution in [-0.4, -0.2) is 22.9 Å². The van der Waals surface area contributed by atoms with Crippen molar-refractivity contribution in [2.24, 2.45) is 0 Å². The second-order valence-electron chi connectivity index (χ2n) is 5.83. The first-order valence-electron chi connectivity index (χ1n) is 8.62. The molecule has 0 N–H and O–H groups in total. The minimum atomic E-state index is -0.164. The fourth-order valence-corrected chi connectivity index (χ4v) is 2.54. The van der Waals surface area contributed by atoms with Crippen LogP contribution < -0.4 is 9.47 Å². The summed E-state index contributed by atoms with van der Waals surface area (Å²) in [5.74, 6) is 1.07. The van der Waals surface area contributed by atoms with Crippen molar-refractivity contribution in [2.45, 2.75) is 6.92 Å². The lowest BCUT2D eigenvalue weighted by molar-refractivity contribution is -0.111. The van der Waals surface area contributed by atoms with Crippen molar-refractivity contribution in [3.63, 3.8) is 0 Å². The first-order valence-corrected chi connectivity index (χ1v) is 8.62. The molecular weight excluding hydrogens is 370 g/mol. The number of aromatic nitrogens is 2. The number of methoxy groups -OCH3 is 1. The number of rotatable bonds is 7. The second kappa shape index (κ2) is 9.15. The normalized spacial score (nSPS) is 10.7. The van der Waals surface area contributed by atoms with Gasteiger partial charge in [0.1, 0.15) is 23.9 Å². The number of nitriles is 1. The maximum absolute atomic E-state index is 12.0. The van der Waals surface area contributed by atoms with E-state index >= 15 is 0 Å². The number of ketones is 1. The van der Waals surface area contributed by atoms with Crippen molar-refractivity contribution in [3.8, 4) is 29.3 Å². The molecule has 0 fully saturated rings. The number of carbonyl (C=O) groups excluding carboxylic acids is 1. The van der Waals surface area contributed by atoms with E-state index in [-0.39, 0.29) is 17.5 Å². The van der Waals surface area contributed by atoms with Gasteiger partial charge in [-0.2, -0.15) is 5.26 Å². The molecular formula is C22H17N3O4. The van der Waals surface area contributed by atoms with E-state index in [0.29, 0.717) is 28.2 Å². The van der Waals surface area contributed by atoms with E-state index in [9.17, 15) is 10.1 Å². The van der Waals surface area contributed by atoms with Gasteiger partial charge in [-0.1, -0.05) is 30.3 Å². The molecule has 1 heterocycles. The summed E-state index contributed by atoms with van der Waals surface area (Å²) in [5.41, 5.74) is 1.32. The molecule has 0 unspecified atom stereocenters. The van der Waals surface area contributed by atoms with Gasteiger partial charge in [-0.15, -0.1) is 0 Å². The summed E-state index contributed by atoms with van der Waals surface area (Å²) < 4.78 is 16.6. The van der Waals surface area contributed by atoms with Gasteiger partial charge in [0.05, 0.1) is 30.6 Å². The van der Waals surface area contributed by atoms with Crippen LogP contribution in [-0.2, 0) is 9.53 Å². The number of Topliss-reactive ketones (excluding diaryl/α,β-unsaturated/α-hetero) is 1. The van der Waals surface area contributed by atoms with Crippen LogP contribution in [0.15, 0.2) is 67.2 Å². The van der Waals surface area contributed by atoms with Crippen LogP contribution in [0.3, 0.4) is 0 Å². The molecule has 7 heteroatoms. The Morgan fingerprint density at radius 3 is 2.28 bits per heavy atom. The highest BCUT2D eigenvalue weighted by Gasteiger charge is 2.15. The molecule has 0 amide bonds. The fourth-order valence-electron chi connectivity index (χ4n) is 2.54. The van der Waals surface area contributed by atoms with E-state index in [0.717, 1.165) is 0 Å². The fraction of sp³-hybridized carbons (Fsp3) is 0.0909. The standard InChI is InChI=1S/C22H17N3O4/c1-15(26)18(13-27-2)17-8-4-6-10-20(17)29-22-11-21(24-14-25-22)28-19-9-5-3-7-16(19)12-23/h3-11,13-14H,1-2H3/b18-13-. The largest absolute Gasteiger partial charge is 0.504 e. The van der Waals surface area contributed by atoms with Crippen LogP contribution in [0.2, 0.25) is 0 Å². The van der Waals surface area contributed by atoms with Crippen molar-refractivity contribution < 1.29 is 19.0 Å². The summed E-state index contributed by atoms with van der Waals surface area (Å²) >= 11 is 0. The quantitative estimate of drug-likeness (QED) is 0.435. The van der Waals surface area contributed by atoms with Gasteiger partial charge >= 0.3 is 0 Å². The topological polar surface area (TPSA) is 94.3 Å². The molecule has 3 rings (SSSR count). The van der Waals surface area contributed by atoms with Gasteiger partial charge in [-0.05, 0) is 25.1 Å². The lowest BCUT2D eigenvalue weighted by Gasteiger charge is -2.12. The summed E-state index contributed by atoms with van der Waals surface area (Å²) in [7, 11) is 1.47. The van der Waals surface area contributed by atoms with Gasteiger partial charge in [0.25, 0.3) is 0 Å². The van der Waals surface area contributed by atoms with Gasteiger partial charge in [0.2, 0.25) is 11.8 Å². The number of carbonyl (C=O) groups is 1. The molecule has 3 aromatic rings. The Kier molecular flexibility index (Phi) is 6.18. The summed E-state index contributed by atoms with van der Waals surface area (Å²) in [5, 5.41) is 9.19. The summed E-state index contributed by atoms with van der Waals surface area (Å²) in [4.78, 5) is 20.1. The Morgan fingerprint density at radius 2 is 1.62 bits per heavy atom. The van der Waals surface area contributed by atoms with E-state index in [2.05, 4.69) is 16.0 Å². The molecule has 144 valence electrons. The zero-order chi connectivity index (χ0) is 20.6. The lowest BCUT2D eigenvalue weighted by Crippen LogP contribution is -2.00. The minimum absolute atomic E-state index is 0.164. The highest BCUT2D eigenvalue weighted by Crippen LogP contribution is 2.31. The average molecular weight is 387 g/mol. The first kappa shape index (κ1) is 19.6. The monoisotopic (exact) mass is 387 g/mol. The molecule has 0 aliphatic carbocycles. The van der Waals surface area contributed by atoms with Crippen molar-refractivity contribution >= 4 is 11.4 Å². The lowest BCUT2D eigenvalue weighted by atomic mass is 10.0.